The lowest BCUT2D eigenvalue weighted by atomic mass is 9.88. The van der Waals surface area contributed by atoms with E-state index in [1.54, 1.807) is 24.2 Å². The van der Waals surface area contributed by atoms with Crippen LogP contribution in [0.1, 0.15) is 35.2 Å². The van der Waals surface area contributed by atoms with Gasteiger partial charge < -0.3 is 10.0 Å². The number of aromatic nitrogens is 1. The van der Waals surface area contributed by atoms with Gasteiger partial charge in [0.15, 0.2) is 0 Å². The van der Waals surface area contributed by atoms with Crippen LogP contribution in [-0.2, 0) is 0 Å². The van der Waals surface area contributed by atoms with Crippen molar-refractivity contribution in [3.63, 3.8) is 0 Å². The second kappa shape index (κ2) is 8.05. The molecular weight excluding hydrogens is 370 g/mol. The van der Waals surface area contributed by atoms with Gasteiger partial charge in [0, 0.05) is 49.8 Å². The summed E-state index contributed by atoms with van der Waals surface area (Å²) in [5.41, 5.74) is 2.95. The molecule has 0 atom stereocenters. The quantitative estimate of drug-likeness (QED) is 0.860. The van der Waals surface area contributed by atoms with Crippen LogP contribution in [0.25, 0.3) is 11.1 Å². The second-order valence-electron chi connectivity index (χ2n) is 7.60. The topological polar surface area (TPSA) is 65.8 Å². The molecule has 2 aliphatic heterocycles. The number of hydrogen-bond donors (Lipinski definition) is 1. The first kappa shape index (κ1) is 19.2. The Morgan fingerprint density at radius 3 is 2.64 bits per heavy atom. The van der Waals surface area contributed by atoms with Crippen molar-refractivity contribution in [1.82, 2.24) is 9.88 Å². The first-order chi connectivity index (χ1) is 13.5. The maximum absolute atomic E-state index is 13.3. The van der Waals surface area contributed by atoms with Crippen molar-refractivity contribution in [2.45, 2.75) is 31.8 Å². The molecular formula is C22H25N3O2S. The second-order valence-corrected chi connectivity index (χ2v) is 8.77. The summed E-state index contributed by atoms with van der Waals surface area (Å²) in [4.78, 5) is 23.7. The Balaban J connectivity index is 1.51. The summed E-state index contributed by atoms with van der Waals surface area (Å²) >= 11 is 1.74. The fourth-order valence-corrected chi connectivity index (χ4v) is 4.83. The van der Waals surface area contributed by atoms with Crippen LogP contribution in [0, 0.1) is 6.92 Å². The Morgan fingerprint density at radius 1 is 1.21 bits per heavy atom. The van der Waals surface area contributed by atoms with Crippen LogP contribution in [0.5, 0.6) is 0 Å². The predicted octanol–water partition coefficient (Wildman–Crippen LogP) is 3.56. The first-order valence-corrected chi connectivity index (χ1v) is 10.7. The number of pyridine rings is 1. The first-order valence-electron chi connectivity index (χ1n) is 9.73. The normalized spacial score (nSPS) is 18.8. The van der Waals surface area contributed by atoms with E-state index >= 15 is 0 Å². The highest BCUT2D eigenvalue weighted by molar-refractivity contribution is 8.14. The zero-order chi connectivity index (χ0) is 19.6. The minimum Gasteiger partial charge on any atom is -0.389 e. The number of carbonyl (C=O) groups is 1. The van der Waals surface area contributed by atoms with Crippen LogP contribution in [0.15, 0.2) is 47.7 Å². The van der Waals surface area contributed by atoms with Gasteiger partial charge in [-0.1, -0.05) is 17.7 Å². The number of aliphatic hydroxyl groups is 1. The molecule has 0 aliphatic carbocycles. The Kier molecular flexibility index (Phi) is 5.51. The molecule has 1 aromatic carbocycles. The molecule has 0 spiro atoms. The average molecular weight is 396 g/mol. The number of hydrogen-bond acceptors (Lipinski definition) is 5. The van der Waals surface area contributed by atoms with Gasteiger partial charge in [-0.05, 0) is 49.1 Å². The molecule has 3 heterocycles. The zero-order valence-corrected chi connectivity index (χ0v) is 16.9. The van der Waals surface area contributed by atoms with Crippen LogP contribution in [-0.4, -0.2) is 56.9 Å². The smallest absolute Gasteiger partial charge is 0.254 e. The van der Waals surface area contributed by atoms with E-state index in [-0.39, 0.29) is 5.91 Å². The van der Waals surface area contributed by atoms with E-state index in [2.05, 4.69) is 9.98 Å². The molecule has 146 valence electrons. The van der Waals surface area contributed by atoms with Gasteiger partial charge >= 0.3 is 0 Å². The van der Waals surface area contributed by atoms with Crippen molar-refractivity contribution in [3.05, 3.63) is 53.9 Å². The van der Waals surface area contributed by atoms with Crippen LogP contribution in [0.2, 0.25) is 0 Å². The van der Waals surface area contributed by atoms with Crippen LogP contribution in [0.4, 0.5) is 0 Å². The Bertz CT molecular complexity index is 890. The third-order valence-electron chi connectivity index (χ3n) is 5.51. The van der Waals surface area contributed by atoms with Gasteiger partial charge in [0.05, 0.1) is 10.6 Å². The SMILES string of the molecule is Cc1ccc(-c2ccncc2)c(C(=O)N2CCC(O)(CC3=NCCS3)CC2)c1. The lowest BCUT2D eigenvalue weighted by Gasteiger charge is -2.38. The summed E-state index contributed by atoms with van der Waals surface area (Å²) in [6.07, 6.45) is 5.29. The average Bonchev–Trinajstić information content (AvgIpc) is 3.21. The molecule has 5 nitrogen and oxygen atoms in total. The molecule has 1 fully saturated rings. The fraction of sp³-hybridized carbons (Fsp3) is 0.409. The number of piperidine rings is 1. The third-order valence-corrected chi connectivity index (χ3v) is 6.50. The lowest BCUT2D eigenvalue weighted by molar-refractivity contribution is -0.0105. The Labute approximate surface area is 169 Å². The number of thioether (sulfide) groups is 1. The van der Waals surface area contributed by atoms with E-state index in [9.17, 15) is 9.90 Å². The zero-order valence-electron chi connectivity index (χ0n) is 16.1. The van der Waals surface area contributed by atoms with Crippen molar-refractivity contribution < 1.29 is 9.90 Å². The van der Waals surface area contributed by atoms with Crippen LogP contribution < -0.4 is 0 Å². The molecule has 2 aliphatic rings. The number of aryl methyl sites for hydroxylation is 1. The summed E-state index contributed by atoms with van der Waals surface area (Å²) in [5, 5.41) is 12.0. The van der Waals surface area contributed by atoms with Gasteiger partial charge in [0.1, 0.15) is 0 Å². The molecule has 0 bridgehead atoms. The van der Waals surface area contributed by atoms with Crippen molar-refractivity contribution in [2.24, 2.45) is 4.99 Å². The van der Waals surface area contributed by atoms with E-state index in [0.717, 1.165) is 34.0 Å². The number of amides is 1. The van der Waals surface area contributed by atoms with E-state index in [4.69, 9.17) is 0 Å². The van der Waals surface area contributed by atoms with Crippen molar-refractivity contribution in [2.75, 3.05) is 25.4 Å². The standard InChI is InChI=1S/C22H25N3O2S/c1-16-2-3-18(17-4-8-23-9-5-17)19(14-16)21(26)25-11-6-22(27,7-12-25)15-20-24-10-13-28-20/h2-5,8-9,14,27H,6-7,10-13,15H2,1H3. The number of benzene rings is 1. The molecule has 1 amide bonds. The predicted molar refractivity (Wildman–Crippen MR) is 114 cm³/mol. The highest BCUT2D eigenvalue weighted by Gasteiger charge is 2.36. The molecule has 0 radical (unpaired) electrons. The Hall–Kier alpha value is -2.18. The molecule has 1 saturated heterocycles. The number of rotatable bonds is 4. The highest BCUT2D eigenvalue weighted by Crippen LogP contribution is 2.32. The summed E-state index contributed by atoms with van der Waals surface area (Å²) < 4.78 is 0. The van der Waals surface area contributed by atoms with E-state index in [1.165, 1.54) is 0 Å². The monoisotopic (exact) mass is 395 g/mol. The van der Waals surface area contributed by atoms with E-state index < -0.39 is 5.60 Å². The molecule has 1 N–H and O–H groups in total. The molecule has 4 rings (SSSR count). The molecule has 0 unspecified atom stereocenters. The number of likely N-dealkylation sites (tertiary alicyclic amines) is 1. The maximum Gasteiger partial charge on any atom is 0.254 e. The van der Waals surface area contributed by atoms with Crippen molar-refractivity contribution in [3.8, 4) is 11.1 Å². The van der Waals surface area contributed by atoms with Gasteiger partial charge in [-0.2, -0.15) is 0 Å². The summed E-state index contributed by atoms with van der Waals surface area (Å²) in [6.45, 7) is 3.99. The van der Waals surface area contributed by atoms with Gasteiger partial charge in [-0.3, -0.25) is 14.8 Å². The molecule has 2 aromatic rings. The number of nitrogens with zero attached hydrogens (tertiary/aromatic N) is 3. The molecule has 28 heavy (non-hydrogen) atoms. The lowest BCUT2D eigenvalue weighted by Crippen LogP contribution is -2.47. The van der Waals surface area contributed by atoms with Crippen LogP contribution >= 0.6 is 11.8 Å². The summed E-state index contributed by atoms with van der Waals surface area (Å²) in [5.74, 6) is 1.05. The summed E-state index contributed by atoms with van der Waals surface area (Å²) in [7, 11) is 0. The minimum absolute atomic E-state index is 0.0325. The maximum atomic E-state index is 13.3. The minimum atomic E-state index is -0.743. The van der Waals surface area contributed by atoms with Crippen LogP contribution in [0.3, 0.4) is 0 Å². The molecule has 0 saturated carbocycles. The summed E-state index contributed by atoms with van der Waals surface area (Å²) in [6, 6.07) is 9.85. The fourth-order valence-electron chi connectivity index (χ4n) is 3.86. The van der Waals surface area contributed by atoms with Gasteiger partial charge in [-0.25, -0.2) is 0 Å². The van der Waals surface area contributed by atoms with Gasteiger partial charge in [-0.15, -0.1) is 11.8 Å². The van der Waals surface area contributed by atoms with Crippen molar-refractivity contribution >= 4 is 22.7 Å². The largest absolute Gasteiger partial charge is 0.389 e. The highest BCUT2D eigenvalue weighted by atomic mass is 32.2. The number of carbonyl (C=O) groups excluding carboxylic acids is 1. The molecule has 1 aromatic heterocycles. The Morgan fingerprint density at radius 2 is 1.96 bits per heavy atom. The van der Waals surface area contributed by atoms with Gasteiger partial charge in [0.25, 0.3) is 5.91 Å². The molecule has 6 heteroatoms. The van der Waals surface area contributed by atoms with E-state index in [1.807, 2.05) is 42.2 Å². The van der Waals surface area contributed by atoms with E-state index in [0.29, 0.717) is 37.9 Å². The number of aliphatic imine (C=N–C) groups is 1. The third kappa shape index (κ3) is 4.13. The van der Waals surface area contributed by atoms with Crippen molar-refractivity contribution in [1.29, 1.82) is 0 Å². The van der Waals surface area contributed by atoms with Gasteiger partial charge in [0.2, 0.25) is 0 Å².